The molecule has 0 aliphatic carbocycles. The van der Waals surface area contributed by atoms with Gasteiger partial charge in [0.15, 0.2) is 0 Å². The molecule has 5 heteroatoms. The number of benzene rings is 1. The lowest BCUT2D eigenvalue weighted by Crippen LogP contribution is -2.40. The molecule has 0 unspecified atom stereocenters. The first-order valence-corrected chi connectivity index (χ1v) is 8.40. The lowest BCUT2D eigenvalue weighted by atomic mass is 10.1. The van der Waals surface area contributed by atoms with Gasteiger partial charge < -0.3 is 9.64 Å². The molecule has 0 atom stereocenters. The Labute approximate surface area is 134 Å². The van der Waals surface area contributed by atoms with Crippen LogP contribution in [0.25, 0.3) is 10.6 Å². The summed E-state index contributed by atoms with van der Waals surface area (Å²) in [5, 5.41) is 2.76. The van der Waals surface area contributed by atoms with E-state index in [0.717, 1.165) is 36.5 Å². The molecule has 1 saturated heterocycles. The van der Waals surface area contributed by atoms with E-state index in [4.69, 9.17) is 4.74 Å². The first-order valence-electron chi connectivity index (χ1n) is 7.52. The minimum Gasteiger partial charge on any atom is -0.381 e. The molecule has 1 aliphatic heterocycles. The van der Waals surface area contributed by atoms with Crippen LogP contribution in [0, 0.1) is 6.92 Å². The van der Waals surface area contributed by atoms with Crippen LogP contribution in [-0.2, 0) is 4.74 Å². The van der Waals surface area contributed by atoms with Gasteiger partial charge in [-0.15, -0.1) is 11.3 Å². The van der Waals surface area contributed by atoms with Crippen molar-refractivity contribution in [3.63, 3.8) is 0 Å². The number of amides is 1. The zero-order valence-electron chi connectivity index (χ0n) is 12.9. The van der Waals surface area contributed by atoms with Crippen molar-refractivity contribution in [2.45, 2.75) is 25.9 Å². The molecule has 1 aromatic heterocycles. The van der Waals surface area contributed by atoms with E-state index < -0.39 is 0 Å². The van der Waals surface area contributed by atoms with Crippen molar-refractivity contribution in [1.29, 1.82) is 0 Å². The Morgan fingerprint density at radius 3 is 2.59 bits per heavy atom. The maximum Gasteiger partial charge on any atom is 0.273 e. The van der Waals surface area contributed by atoms with E-state index in [1.165, 1.54) is 16.9 Å². The van der Waals surface area contributed by atoms with Gasteiger partial charge in [-0.25, -0.2) is 4.98 Å². The highest BCUT2D eigenvalue weighted by Gasteiger charge is 2.25. The Kier molecular flexibility index (Phi) is 4.55. The van der Waals surface area contributed by atoms with Crippen molar-refractivity contribution in [3.05, 3.63) is 40.9 Å². The second-order valence-corrected chi connectivity index (χ2v) is 6.49. The summed E-state index contributed by atoms with van der Waals surface area (Å²) < 4.78 is 5.34. The average Bonchev–Trinajstić information content (AvgIpc) is 3.05. The average molecular weight is 316 g/mol. The van der Waals surface area contributed by atoms with Gasteiger partial charge in [-0.05, 0) is 19.8 Å². The first kappa shape index (κ1) is 15.2. The number of thiazole rings is 1. The SMILES string of the molecule is COC1CCN(C(=O)c2csc(-c3ccc(C)cc3)n2)CC1. The van der Waals surface area contributed by atoms with Crippen LogP contribution in [-0.4, -0.2) is 42.1 Å². The standard InChI is InChI=1S/C17H20N2O2S/c1-12-3-5-13(6-4-12)16-18-15(11-22-16)17(20)19-9-7-14(21-2)8-10-19/h3-6,11,14H,7-10H2,1-2H3. The van der Waals surface area contributed by atoms with Gasteiger partial charge in [0.1, 0.15) is 10.7 Å². The Balaban J connectivity index is 1.71. The largest absolute Gasteiger partial charge is 0.381 e. The number of methoxy groups -OCH3 is 1. The van der Waals surface area contributed by atoms with Crippen LogP contribution in [0.4, 0.5) is 0 Å². The fraction of sp³-hybridized carbons (Fsp3) is 0.412. The third-order valence-electron chi connectivity index (χ3n) is 4.08. The number of nitrogens with zero attached hydrogens (tertiary/aromatic N) is 2. The summed E-state index contributed by atoms with van der Waals surface area (Å²) >= 11 is 1.52. The fourth-order valence-electron chi connectivity index (χ4n) is 2.66. The van der Waals surface area contributed by atoms with Crippen molar-refractivity contribution in [3.8, 4) is 10.6 Å². The topological polar surface area (TPSA) is 42.4 Å². The molecule has 1 fully saturated rings. The predicted molar refractivity (Wildman–Crippen MR) is 88.2 cm³/mol. The maximum absolute atomic E-state index is 12.5. The molecular formula is C17H20N2O2S. The van der Waals surface area contributed by atoms with E-state index in [2.05, 4.69) is 24.0 Å². The molecule has 1 aliphatic rings. The zero-order chi connectivity index (χ0) is 15.5. The molecule has 0 saturated carbocycles. The number of aryl methyl sites for hydroxylation is 1. The second kappa shape index (κ2) is 6.58. The van der Waals surface area contributed by atoms with Crippen LogP contribution in [0.1, 0.15) is 28.9 Å². The van der Waals surface area contributed by atoms with Gasteiger partial charge in [0.2, 0.25) is 0 Å². The monoisotopic (exact) mass is 316 g/mol. The molecule has 2 aromatic rings. The van der Waals surface area contributed by atoms with Crippen molar-refractivity contribution in [2.75, 3.05) is 20.2 Å². The molecule has 2 heterocycles. The Morgan fingerprint density at radius 1 is 1.27 bits per heavy atom. The van der Waals surface area contributed by atoms with E-state index >= 15 is 0 Å². The summed E-state index contributed by atoms with van der Waals surface area (Å²) in [6.07, 6.45) is 2.08. The fourth-order valence-corrected chi connectivity index (χ4v) is 3.46. The number of piperidine rings is 1. The van der Waals surface area contributed by atoms with Crippen LogP contribution in [0.5, 0.6) is 0 Å². The van der Waals surface area contributed by atoms with Gasteiger partial charge in [-0.1, -0.05) is 29.8 Å². The number of aromatic nitrogens is 1. The summed E-state index contributed by atoms with van der Waals surface area (Å²) in [5.41, 5.74) is 2.84. The number of carbonyl (C=O) groups excluding carboxylic acids is 1. The van der Waals surface area contributed by atoms with Crippen molar-refractivity contribution < 1.29 is 9.53 Å². The molecular weight excluding hydrogens is 296 g/mol. The van der Waals surface area contributed by atoms with E-state index in [0.29, 0.717) is 5.69 Å². The summed E-state index contributed by atoms with van der Waals surface area (Å²) in [6, 6.07) is 8.22. The van der Waals surface area contributed by atoms with Crippen molar-refractivity contribution in [2.24, 2.45) is 0 Å². The van der Waals surface area contributed by atoms with E-state index in [1.54, 1.807) is 7.11 Å². The molecule has 3 rings (SSSR count). The van der Waals surface area contributed by atoms with Crippen LogP contribution < -0.4 is 0 Å². The highest BCUT2D eigenvalue weighted by molar-refractivity contribution is 7.13. The van der Waals surface area contributed by atoms with E-state index in [9.17, 15) is 4.79 Å². The van der Waals surface area contributed by atoms with Gasteiger partial charge in [0.05, 0.1) is 6.10 Å². The lowest BCUT2D eigenvalue weighted by Gasteiger charge is -2.30. The molecule has 22 heavy (non-hydrogen) atoms. The van der Waals surface area contributed by atoms with Gasteiger partial charge in [0, 0.05) is 31.1 Å². The summed E-state index contributed by atoms with van der Waals surface area (Å²) in [4.78, 5) is 18.9. The maximum atomic E-state index is 12.5. The minimum absolute atomic E-state index is 0.0316. The van der Waals surface area contributed by atoms with Crippen LogP contribution >= 0.6 is 11.3 Å². The number of rotatable bonds is 3. The molecule has 0 spiro atoms. The molecule has 0 bridgehead atoms. The number of hydrogen-bond donors (Lipinski definition) is 0. The molecule has 0 N–H and O–H groups in total. The van der Waals surface area contributed by atoms with Crippen LogP contribution in [0.2, 0.25) is 0 Å². The van der Waals surface area contributed by atoms with Gasteiger partial charge in [0.25, 0.3) is 5.91 Å². The number of hydrogen-bond acceptors (Lipinski definition) is 4. The third-order valence-corrected chi connectivity index (χ3v) is 4.98. The predicted octanol–water partition coefficient (Wildman–Crippen LogP) is 3.37. The van der Waals surface area contributed by atoms with Gasteiger partial charge in [-0.2, -0.15) is 0 Å². The number of likely N-dealkylation sites (tertiary alicyclic amines) is 1. The highest BCUT2D eigenvalue weighted by atomic mass is 32.1. The second-order valence-electron chi connectivity index (χ2n) is 5.63. The molecule has 4 nitrogen and oxygen atoms in total. The molecule has 1 amide bonds. The van der Waals surface area contributed by atoms with Crippen LogP contribution in [0.3, 0.4) is 0 Å². The van der Waals surface area contributed by atoms with Gasteiger partial charge in [-0.3, -0.25) is 4.79 Å². The summed E-state index contributed by atoms with van der Waals surface area (Å²) in [7, 11) is 1.73. The smallest absolute Gasteiger partial charge is 0.273 e. The highest BCUT2D eigenvalue weighted by Crippen LogP contribution is 2.25. The van der Waals surface area contributed by atoms with E-state index in [-0.39, 0.29) is 12.0 Å². The van der Waals surface area contributed by atoms with Gasteiger partial charge >= 0.3 is 0 Å². The lowest BCUT2D eigenvalue weighted by molar-refractivity contribution is 0.0348. The van der Waals surface area contributed by atoms with Crippen molar-refractivity contribution in [1.82, 2.24) is 9.88 Å². The quantitative estimate of drug-likeness (QED) is 0.872. The third kappa shape index (κ3) is 3.20. The Morgan fingerprint density at radius 2 is 1.95 bits per heavy atom. The van der Waals surface area contributed by atoms with E-state index in [1.807, 2.05) is 22.4 Å². The first-order chi connectivity index (χ1) is 10.7. The number of ether oxygens (including phenoxy) is 1. The summed E-state index contributed by atoms with van der Waals surface area (Å²) in [5.74, 6) is 0.0316. The summed E-state index contributed by atoms with van der Waals surface area (Å²) in [6.45, 7) is 3.55. The minimum atomic E-state index is 0.0316. The normalized spacial score (nSPS) is 16.0. The molecule has 0 radical (unpaired) electrons. The molecule has 1 aromatic carbocycles. The van der Waals surface area contributed by atoms with Crippen molar-refractivity contribution >= 4 is 17.2 Å². The van der Waals surface area contributed by atoms with Crippen LogP contribution in [0.15, 0.2) is 29.6 Å². The molecule has 116 valence electrons. The zero-order valence-corrected chi connectivity index (χ0v) is 13.7. The number of carbonyl (C=O) groups is 1. The Hall–Kier alpha value is -1.72. The Bertz CT molecular complexity index is 643.